The minimum Gasteiger partial charge on any atom is -0.494 e. The maximum Gasteiger partial charge on any atom is 0.251 e. The fourth-order valence-electron chi connectivity index (χ4n) is 2.53. The van der Waals surface area contributed by atoms with E-state index in [1.165, 1.54) is 50.2 Å². The van der Waals surface area contributed by atoms with Crippen LogP contribution in [0.1, 0.15) is 12.5 Å². The van der Waals surface area contributed by atoms with Gasteiger partial charge in [0, 0.05) is 32.9 Å². The van der Waals surface area contributed by atoms with Gasteiger partial charge in [0.05, 0.1) is 18.7 Å². The Morgan fingerprint density at radius 2 is 1.89 bits per heavy atom. The average Bonchev–Trinajstić information content (AvgIpc) is 2.62. The van der Waals surface area contributed by atoms with Gasteiger partial charge in [0.1, 0.15) is 0 Å². The Labute approximate surface area is 158 Å². The molecule has 0 radical (unpaired) electrons. The molecule has 27 heavy (non-hydrogen) atoms. The van der Waals surface area contributed by atoms with E-state index in [1.54, 1.807) is 12.1 Å². The van der Waals surface area contributed by atoms with Crippen LogP contribution in [0.25, 0.3) is 0 Å². The van der Waals surface area contributed by atoms with Crippen molar-refractivity contribution in [2.75, 3.05) is 27.7 Å². The summed E-state index contributed by atoms with van der Waals surface area (Å²) in [4.78, 5) is 14.1. The zero-order valence-electron chi connectivity index (χ0n) is 15.8. The monoisotopic (exact) mass is 397 g/mol. The molecule has 9 heteroatoms. The first-order valence-corrected chi connectivity index (χ1v) is 9.80. The highest BCUT2D eigenvalue weighted by Crippen LogP contribution is 2.19. The molecule has 2 rings (SSSR count). The van der Waals surface area contributed by atoms with E-state index in [1.807, 2.05) is 11.8 Å². The molecule has 0 spiro atoms. The van der Waals surface area contributed by atoms with Crippen LogP contribution in [0.4, 0.5) is 4.39 Å². The molecule has 2 aromatic rings. The Morgan fingerprint density at radius 3 is 2.44 bits per heavy atom. The summed E-state index contributed by atoms with van der Waals surface area (Å²) in [5.41, 5.74) is 0.410. The van der Waals surface area contributed by atoms with Gasteiger partial charge in [-0.15, -0.1) is 0 Å². The molecule has 0 saturated carbocycles. The molecule has 7 nitrogen and oxygen atoms in total. The smallest absolute Gasteiger partial charge is 0.251 e. The fraction of sp³-hybridized carbons (Fsp3) is 0.389. The molecule has 0 aliphatic heterocycles. The molecule has 0 atom stereocenters. The molecule has 0 aliphatic carbocycles. The number of sulfonamides is 1. The standard InChI is InChI=1S/C18H24FN3O4S/c1-5-21(11-14-6-8-17(26-4)16(19)10-14)13-22-12-15(7-9-18(22)23)27(24,25)20(2)3/h6-10,12H,5,11,13H2,1-4H3. The molecule has 0 saturated heterocycles. The summed E-state index contributed by atoms with van der Waals surface area (Å²) >= 11 is 0. The van der Waals surface area contributed by atoms with Gasteiger partial charge in [-0.1, -0.05) is 13.0 Å². The van der Waals surface area contributed by atoms with Crippen LogP contribution < -0.4 is 10.3 Å². The number of nitrogens with zero attached hydrogens (tertiary/aromatic N) is 3. The fourth-order valence-corrected chi connectivity index (χ4v) is 3.45. The first kappa shape index (κ1) is 21.1. The lowest BCUT2D eigenvalue weighted by Crippen LogP contribution is -2.32. The molecule has 1 heterocycles. The largest absolute Gasteiger partial charge is 0.494 e. The minimum absolute atomic E-state index is 0.0404. The SMILES string of the molecule is CCN(Cc1ccc(OC)c(F)c1)Cn1cc(S(=O)(=O)N(C)C)ccc1=O. The van der Waals surface area contributed by atoms with E-state index < -0.39 is 15.8 Å². The summed E-state index contributed by atoms with van der Waals surface area (Å²) in [6.07, 6.45) is 1.33. The van der Waals surface area contributed by atoms with Crippen LogP contribution >= 0.6 is 0 Å². The zero-order chi connectivity index (χ0) is 20.2. The van der Waals surface area contributed by atoms with Crippen LogP contribution in [0.2, 0.25) is 0 Å². The number of rotatable bonds is 8. The van der Waals surface area contributed by atoms with Crippen molar-refractivity contribution in [3.8, 4) is 5.75 Å². The predicted octanol–water partition coefficient (Wildman–Crippen LogP) is 1.73. The quantitative estimate of drug-likeness (QED) is 0.678. The van der Waals surface area contributed by atoms with E-state index in [0.717, 1.165) is 9.87 Å². The lowest BCUT2D eigenvalue weighted by molar-refractivity contribution is 0.216. The summed E-state index contributed by atoms with van der Waals surface area (Å²) in [6.45, 7) is 3.07. The van der Waals surface area contributed by atoms with E-state index in [2.05, 4.69) is 0 Å². The highest BCUT2D eigenvalue weighted by atomic mass is 32.2. The number of ether oxygens (including phenoxy) is 1. The van der Waals surface area contributed by atoms with Crippen LogP contribution in [-0.4, -0.2) is 49.9 Å². The minimum atomic E-state index is -3.64. The summed E-state index contributed by atoms with van der Waals surface area (Å²) < 4.78 is 45.8. The molecule has 0 amide bonds. The third kappa shape index (κ3) is 4.94. The Kier molecular flexibility index (Phi) is 6.74. The van der Waals surface area contributed by atoms with E-state index in [4.69, 9.17) is 4.74 Å². The Bertz CT molecular complexity index is 957. The Balaban J connectivity index is 2.26. The third-order valence-electron chi connectivity index (χ3n) is 4.16. The molecule has 1 aromatic heterocycles. The Hall–Kier alpha value is -2.23. The molecular formula is C18H24FN3O4S. The number of methoxy groups -OCH3 is 1. The first-order valence-electron chi connectivity index (χ1n) is 8.36. The van der Waals surface area contributed by atoms with Crippen molar-refractivity contribution in [1.82, 2.24) is 13.8 Å². The first-order chi connectivity index (χ1) is 12.7. The second-order valence-electron chi connectivity index (χ2n) is 6.22. The molecular weight excluding hydrogens is 373 g/mol. The lowest BCUT2D eigenvalue weighted by atomic mass is 10.2. The topological polar surface area (TPSA) is 71.8 Å². The second kappa shape index (κ2) is 8.64. The molecule has 0 aliphatic rings. The van der Waals surface area contributed by atoms with Gasteiger partial charge in [0.15, 0.2) is 11.6 Å². The van der Waals surface area contributed by atoms with Gasteiger partial charge < -0.3 is 9.30 Å². The second-order valence-corrected chi connectivity index (χ2v) is 8.37. The highest BCUT2D eigenvalue weighted by molar-refractivity contribution is 7.89. The van der Waals surface area contributed by atoms with E-state index in [0.29, 0.717) is 13.1 Å². The number of aromatic nitrogens is 1. The van der Waals surface area contributed by atoms with Crippen molar-refractivity contribution in [2.24, 2.45) is 0 Å². The number of hydrogen-bond acceptors (Lipinski definition) is 5. The predicted molar refractivity (Wildman–Crippen MR) is 101 cm³/mol. The molecule has 0 unspecified atom stereocenters. The van der Waals surface area contributed by atoms with Gasteiger partial charge >= 0.3 is 0 Å². The number of halogens is 1. The van der Waals surface area contributed by atoms with Crippen LogP contribution in [0.15, 0.2) is 46.2 Å². The zero-order valence-corrected chi connectivity index (χ0v) is 16.7. The van der Waals surface area contributed by atoms with Crippen molar-refractivity contribution >= 4 is 10.0 Å². The van der Waals surface area contributed by atoms with Gasteiger partial charge in [-0.3, -0.25) is 9.69 Å². The summed E-state index contributed by atoms with van der Waals surface area (Å²) in [5, 5.41) is 0. The van der Waals surface area contributed by atoms with Crippen LogP contribution in [0.3, 0.4) is 0 Å². The van der Waals surface area contributed by atoms with Gasteiger partial charge in [0.25, 0.3) is 5.56 Å². The van der Waals surface area contributed by atoms with Crippen molar-refractivity contribution in [2.45, 2.75) is 25.0 Å². The summed E-state index contributed by atoms with van der Waals surface area (Å²) in [5.74, 6) is -0.290. The van der Waals surface area contributed by atoms with Gasteiger partial charge in [-0.25, -0.2) is 17.1 Å². The number of pyridine rings is 1. The number of benzene rings is 1. The molecule has 1 aromatic carbocycles. The summed E-state index contributed by atoms with van der Waals surface area (Å²) in [6, 6.07) is 7.22. The van der Waals surface area contributed by atoms with Crippen LogP contribution in [0.5, 0.6) is 5.75 Å². The Morgan fingerprint density at radius 1 is 1.19 bits per heavy atom. The maximum absolute atomic E-state index is 13.9. The lowest BCUT2D eigenvalue weighted by Gasteiger charge is -2.22. The molecule has 0 bridgehead atoms. The van der Waals surface area contributed by atoms with Crippen molar-refractivity contribution < 1.29 is 17.5 Å². The van der Waals surface area contributed by atoms with Gasteiger partial charge in [0.2, 0.25) is 10.0 Å². The molecule has 148 valence electrons. The van der Waals surface area contributed by atoms with E-state index >= 15 is 0 Å². The highest BCUT2D eigenvalue weighted by Gasteiger charge is 2.18. The average molecular weight is 397 g/mol. The third-order valence-corrected chi connectivity index (χ3v) is 5.96. The molecule has 0 N–H and O–H groups in total. The van der Waals surface area contributed by atoms with Crippen molar-refractivity contribution in [3.63, 3.8) is 0 Å². The van der Waals surface area contributed by atoms with Gasteiger partial charge in [-0.2, -0.15) is 0 Å². The van der Waals surface area contributed by atoms with E-state index in [-0.39, 0.29) is 22.9 Å². The van der Waals surface area contributed by atoms with E-state index in [9.17, 15) is 17.6 Å². The maximum atomic E-state index is 13.9. The van der Waals surface area contributed by atoms with Crippen molar-refractivity contribution in [3.05, 3.63) is 58.3 Å². The molecule has 0 fully saturated rings. The summed E-state index contributed by atoms with van der Waals surface area (Å²) in [7, 11) is 0.625. The van der Waals surface area contributed by atoms with Crippen LogP contribution in [-0.2, 0) is 23.2 Å². The normalized spacial score (nSPS) is 12.0. The van der Waals surface area contributed by atoms with Gasteiger partial charge in [-0.05, 0) is 30.3 Å². The van der Waals surface area contributed by atoms with Crippen LogP contribution in [0, 0.1) is 5.82 Å². The van der Waals surface area contributed by atoms with Crippen molar-refractivity contribution in [1.29, 1.82) is 0 Å². The number of hydrogen-bond donors (Lipinski definition) is 0.